The standard InChI is InChI=1S/C13H18N4/c1-10-3-4-11(9-14)12(16-10)17-13(2)5-7-15-8-6-13/h3-4,15H,5-8H2,1-2H3,(H,16,17). The van der Waals surface area contributed by atoms with Crippen LogP contribution in [-0.4, -0.2) is 23.6 Å². The van der Waals surface area contributed by atoms with Crippen LogP contribution in [0.25, 0.3) is 0 Å². The number of aryl methyl sites for hydroxylation is 1. The highest BCUT2D eigenvalue weighted by Gasteiger charge is 2.27. The Labute approximate surface area is 102 Å². The second-order valence-electron chi connectivity index (χ2n) is 4.90. The minimum Gasteiger partial charge on any atom is -0.364 e. The van der Waals surface area contributed by atoms with Crippen molar-refractivity contribution in [1.29, 1.82) is 5.26 Å². The monoisotopic (exact) mass is 230 g/mol. The van der Waals surface area contributed by atoms with Gasteiger partial charge in [0.15, 0.2) is 0 Å². The number of hydrogen-bond donors (Lipinski definition) is 2. The number of aromatic nitrogens is 1. The van der Waals surface area contributed by atoms with Crippen molar-refractivity contribution in [3.05, 3.63) is 23.4 Å². The molecule has 4 nitrogen and oxygen atoms in total. The van der Waals surface area contributed by atoms with Crippen LogP contribution in [0.15, 0.2) is 12.1 Å². The second kappa shape index (κ2) is 4.72. The van der Waals surface area contributed by atoms with Crippen LogP contribution >= 0.6 is 0 Å². The van der Waals surface area contributed by atoms with Gasteiger partial charge < -0.3 is 10.6 Å². The maximum atomic E-state index is 9.08. The Morgan fingerprint density at radius 3 is 2.76 bits per heavy atom. The van der Waals surface area contributed by atoms with Crippen molar-refractivity contribution in [3.63, 3.8) is 0 Å². The van der Waals surface area contributed by atoms with Crippen molar-refractivity contribution < 1.29 is 0 Å². The first-order valence-corrected chi connectivity index (χ1v) is 6.00. The molecule has 0 saturated carbocycles. The minimum absolute atomic E-state index is 0.0393. The predicted octanol–water partition coefficient (Wildman–Crippen LogP) is 1.82. The highest BCUT2D eigenvalue weighted by Crippen LogP contribution is 2.24. The molecule has 17 heavy (non-hydrogen) atoms. The molecule has 0 atom stereocenters. The Hall–Kier alpha value is -1.60. The summed E-state index contributed by atoms with van der Waals surface area (Å²) in [5, 5.41) is 15.9. The van der Waals surface area contributed by atoms with Gasteiger partial charge >= 0.3 is 0 Å². The number of pyridine rings is 1. The van der Waals surface area contributed by atoms with E-state index in [1.165, 1.54) is 0 Å². The quantitative estimate of drug-likeness (QED) is 0.813. The molecule has 0 bridgehead atoms. The van der Waals surface area contributed by atoms with Crippen LogP contribution in [-0.2, 0) is 0 Å². The normalized spacial score (nSPS) is 18.4. The summed E-state index contributed by atoms with van der Waals surface area (Å²) in [5.74, 6) is 0.719. The Bertz CT molecular complexity index is 441. The molecule has 1 aromatic heterocycles. The Kier molecular flexibility index (Phi) is 3.30. The van der Waals surface area contributed by atoms with Gasteiger partial charge in [-0.2, -0.15) is 5.26 Å². The molecule has 0 aliphatic carbocycles. The van der Waals surface area contributed by atoms with E-state index in [-0.39, 0.29) is 5.54 Å². The third-order valence-electron chi connectivity index (χ3n) is 3.28. The topological polar surface area (TPSA) is 60.7 Å². The fourth-order valence-electron chi connectivity index (χ4n) is 2.13. The molecule has 0 radical (unpaired) electrons. The van der Waals surface area contributed by atoms with E-state index in [0.717, 1.165) is 37.4 Å². The molecule has 1 fully saturated rings. The largest absolute Gasteiger partial charge is 0.364 e. The lowest BCUT2D eigenvalue weighted by atomic mass is 9.90. The Balaban J connectivity index is 2.22. The van der Waals surface area contributed by atoms with Gasteiger partial charge in [-0.05, 0) is 51.9 Å². The summed E-state index contributed by atoms with van der Waals surface area (Å²) in [4.78, 5) is 4.43. The fourth-order valence-corrected chi connectivity index (χ4v) is 2.13. The highest BCUT2D eigenvalue weighted by molar-refractivity contribution is 5.53. The molecule has 1 saturated heterocycles. The van der Waals surface area contributed by atoms with Crippen molar-refractivity contribution in [3.8, 4) is 6.07 Å². The molecular weight excluding hydrogens is 212 g/mol. The van der Waals surface area contributed by atoms with Gasteiger partial charge in [0.05, 0.1) is 5.56 Å². The van der Waals surface area contributed by atoms with Crippen LogP contribution in [0.3, 0.4) is 0 Å². The van der Waals surface area contributed by atoms with Gasteiger partial charge in [-0.1, -0.05) is 0 Å². The lowest BCUT2D eigenvalue weighted by molar-refractivity contribution is 0.364. The van der Waals surface area contributed by atoms with Crippen LogP contribution in [0.4, 0.5) is 5.82 Å². The summed E-state index contributed by atoms with van der Waals surface area (Å²) >= 11 is 0. The van der Waals surface area contributed by atoms with E-state index in [4.69, 9.17) is 5.26 Å². The molecule has 1 aliphatic rings. The zero-order valence-electron chi connectivity index (χ0n) is 10.4. The van der Waals surface area contributed by atoms with E-state index in [1.54, 1.807) is 0 Å². The van der Waals surface area contributed by atoms with Gasteiger partial charge in [0.2, 0.25) is 0 Å². The van der Waals surface area contributed by atoms with E-state index in [9.17, 15) is 0 Å². The van der Waals surface area contributed by atoms with E-state index in [0.29, 0.717) is 5.56 Å². The lowest BCUT2D eigenvalue weighted by Crippen LogP contribution is -2.45. The summed E-state index contributed by atoms with van der Waals surface area (Å²) in [6, 6.07) is 5.89. The molecule has 4 heteroatoms. The number of hydrogen-bond acceptors (Lipinski definition) is 4. The summed E-state index contributed by atoms with van der Waals surface area (Å²) in [6.07, 6.45) is 2.10. The maximum absolute atomic E-state index is 9.08. The highest BCUT2D eigenvalue weighted by atomic mass is 15.1. The van der Waals surface area contributed by atoms with Crippen molar-refractivity contribution in [1.82, 2.24) is 10.3 Å². The van der Waals surface area contributed by atoms with Crippen molar-refractivity contribution >= 4 is 5.82 Å². The van der Waals surface area contributed by atoms with E-state index < -0.39 is 0 Å². The van der Waals surface area contributed by atoms with Gasteiger partial charge in [0, 0.05) is 11.2 Å². The molecule has 2 N–H and O–H groups in total. The smallest absolute Gasteiger partial charge is 0.144 e. The second-order valence-corrected chi connectivity index (χ2v) is 4.90. The Morgan fingerprint density at radius 1 is 1.41 bits per heavy atom. The predicted molar refractivity (Wildman–Crippen MR) is 67.8 cm³/mol. The van der Waals surface area contributed by atoms with E-state index in [2.05, 4.69) is 28.6 Å². The Morgan fingerprint density at radius 2 is 2.12 bits per heavy atom. The molecular formula is C13H18N4. The van der Waals surface area contributed by atoms with Crippen LogP contribution in [0.5, 0.6) is 0 Å². The number of rotatable bonds is 2. The summed E-state index contributed by atoms with van der Waals surface area (Å²) in [5.41, 5.74) is 1.59. The van der Waals surface area contributed by atoms with Gasteiger partial charge in [0.25, 0.3) is 0 Å². The molecule has 0 unspecified atom stereocenters. The molecule has 0 amide bonds. The van der Waals surface area contributed by atoms with Gasteiger partial charge in [-0.15, -0.1) is 0 Å². The van der Waals surface area contributed by atoms with E-state index >= 15 is 0 Å². The number of anilines is 1. The van der Waals surface area contributed by atoms with Crippen LogP contribution in [0.1, 0.15) is 31.0 Å². The number of nitriles is 1. The molecule has 1 aromatic rings. The number of nitrogens with one attached hydrogen (secondary N) is 2. The molecule has 2 rings (SSSR count). The molecule has 0 aromatic carbocycles. The minimum atomic E-state index is 0.0393. The first kappa shape index (κ1) is 11.9. The third-order valence-corrected chi connectivity index (χ3v) is 3.28. The summed E-state index contributed by atoms with van der Waals surface area (Å²) in [6.45, 7) is 6.16. The fraction of sp³-hybridized carbons (Fsp3) is 0.538. The molecule has 90 valence electrons. The summed E-state index contributed by atoms with van der Waals surface area (Å²) in [7, 11) is 0. The number of nitrogens with zero attached hydrogens (tertiary/aromatic N) is 2. The molecule has 2 heterocycles. The van der Waals surface area contributed by atoms with Gasteiger partial charge in [-0.25, -0.2) is 4.98 Å². The lowest BCUT2D eigenvalue weighted by Gasteiger charge is -2.35. The van der Waals surface area contributed by atoms with Crippen LogP contribution in [0.2, 0.25) is 0 Å². The van der Waals surface area contributed by atoms with Crippen molar-refractivity contribution in [2.24, 2.45) is 0 Å². The van der Waals surface area contributed by atoms with Gasteiger partial charge in [-0.3, -0.25) is 0 Å². The first-order valence-electron chi connectivity index (χ1n) is 6.00. The average Bonchev–Trinajstić information content (AvgIpc) is 2.29. The van der Waals surface area contributed by atoms with Crippen molar-refractivity contribution in [2.45, 2.75) is 32.2 Å². The van der Waals surface area contributed by atoms with E-state index in [1.807, 2.05) is 19.1 Å². The zero-order valence-corrected chi connectivity index (χ0v) is 10.4. The maximum Gasteiger partial charge on any atom is 0.144 e. The number of piperidine rings is 1. The molecule has 0 spiro atoms. The SMILES string of the molecule is Cc1ccc(C#N)c(NC2(C)CCNCC2)n1. The van der Waals surface area contributed by atoms with Crippen LogP contribution in [0, 0.1) is 18.3 Å². The van der Waals surface area contributed by atoms with Crippen molar-refractivity contribution in [2.75, 3.05) is 18.4 Å². The van der Waals surface area contributed by atoms with Gasteiger partial charge in [0.1, 0.15) is 11.9 Å². The average molecular weight is 230 g/mol. The molecule has 1 aliphatic heterocycles. The zero-order chi connectivity index (χ0) is 12.3. The first-order chi connectivity index (χ1) is 8.13. The summed E-state index contributed by atoms with van der Waals surface area (Å²) < 4.78 is 0. The van der Waals surface area contributed by atoms with Crippen LogP contribution < -0.4 is 10.6 Å². The third kappa shape index (κ3) is 2.75.